The zero-order valence-corrected chi connectivity index (χ0v) is 11.1. The van der Waals surface area contributed by atoms with Gasteiger partial charge in [-0.1, -0.05) is 54.1 Å². The molecule has 0 radical (unpaired) electrons. The second kappa shape index (κ2) is 7.88. The highest BCUT2D eigenvalue weighted by Gasteiger charge is 2.02. The van der Waals surface area contributed by atoms with Gasteiger partial charge in [0.15, 0.2) is 0 Å². The summed E-state index contributed by atoms with van der Waals surface area (Å²) in [5.74, 6) is 0. The van der Waals surface area contributed by atoms with Crippen LogP contribution < -0.4 is 5.32 Å². The van der Waals surface area contributed by atoms with Crippen molar-refractivity contribution in [3.05, 3.63) is 53.6 Å². The van der Waals surface area contributed by atoms with E-state index in [0.717, 1.165) is 13.1 Å². The molecule has 0 heterocycles. The zero-order chi connectivity index (χ0) is 12.5. The van der Waals surface area contributed by atoms with E-state index in [0.29, 0.717) is 0 Å². The SMILES string of the molecule is C(=Cc1ccccc1)CNCCC1=CCCCC1. The van der Waals surface area contributed by atoms with E-state index in [2.05, 4.69) is 47.8 Å². The first kappa shape index (κ1) is 13.1. The Balaban J connectivity index is 1.58. The van der Waals surface area contributed by atoms with Gasteiger partial charge >= 0.3 is 0 Å². The molecule has 1 heteroatoms. The van der Waals surface area contributed by atoms with Crippen LogP contribution in [-0.2, 0) is 0 Å². The first-order chi connectivity index (χ1) is 8.95. The van der Waals surface area contributed by atoms with Crippen LogP contribution in [0.2, 0.25) is 0 Å². The van der Waals surface area contributed by atoms with E-state index < -0.39 is 0 Å². The molecular weight excluding hydrogens is 218 g/mol. The zero-order valence-electron chi connectivity index (χ0n) is 11.1. The predicted octanol–water partition coefficient (Wildman–Crippen LogP) is 4.18. The summed E-state index contributed by atoms with van der Waals surface area (Å²) in [5, 5.41) is 3.48. The molecule has 18 heavy (non-hydrogen) atoms. The van der Waals surface area contributed by atoms with Crippen molar-refractivity contribution in [1.82, 2.24) is 5.32 Å². The van der Waals surface area contributed by atoms with Gasteiger partial charge in [-0.05, 0) is 44.2 Å². The second-order valence-electron chi connectivity index (χ2n) is 4.88. The van der Waals surface area contributed by atoms with Crippen LogP contribution >= 0.6 is 0 Å². The molecule has 1 aromatic rings. The summed E-state index contributed by atoms with van der Waals surface area (Å²) in [6, 6.07) is 10.4. The van der Waals surface area contributed by atoms with E-state index in [1.165, 1.54) is 37.7 Å². The van der Waals surface area contributed by atoms with Gasteiger partial charge in [-0.15, -0.1) is 0 Å². The Kier molecular flexibility index (Phi) is 5.74. The molecule has 0 aliphatic heterocycles. The summed E-state index contributed by atoms with van der Waals surface area (Å²) < 4.78 is 0. The van der Waals surface area contributed by atoms with Crippen LogP contribution in [0.1, 0.15) is 37.7 Å². The molecule has 0 fully saturated rings. The summed E-state index contributed by atoms with van der Waals surface area (Å²) in [4.78, 5) is 0. The van der Waals surface area contributed by atoms with Crippen molar-refractivity contribution in [1.29, 1.82) is 0 Å². The monoisotopic (exact) mass is 241 g/mol. The quantitative estimate of drug-likeness (QED) is 0.582. The van der Waals surface area contributed by atoms with Crippen molar-refractivity contribution >= 4 is 6.08 Å². The van der Waals surface area contributed by atoms with Crippen molar-refractivity contribution in [2.24, 2.45) is 0 Å². The summed E-state index contributed by atoms with van der Waals surface area (Å²) >= 11 is 0. The lowest BCUT2D eigenvalue weighted by molar-refractivity contribution is 0.651. The molecule has 2 rings (SSSR count). The van der Waals surface area contributed by atoms with Gasteiger partial charge in [0.2, 0.25) is 0 Å². The highest BCUT2D eigenvalue weighted by Crippen LogP contribution is 2.19. The minimum atomic E-state index is 0.960. The van der Waals surface area contributed by atoms with Crippen molar-refractivity contribution in [2.75, 3.05) is 13.1 Å². The third-order valence-electron chi connectivity index (χ3n) is 3.38. The normalized spacial score (nSPS) is 15.9. The Bertz CT molecular complexity index is 389. The number of hydrogen-bond donors (Lipinski definition) is 1. The van der Waals surface area contributed by atoms with Gasteiger partial charge in [-0.25, -0.2) is 0 Å². The molecule has 1 aliphatic rings. The summed E-state index contributed by atoms with van der Waals surface area (Å²) in [6.45, 7) is 2.06. The molecule has 1 nitrogen and oxygen atoms in total. The number of benzene rings is 1. The minimum absolute atomic E-state index is 0.960. The number of allylic oxidation sites excluding steroid dienone is 1. The summed E-state index contributed by atoms with van der Waals surface area (Å²) in [5.41, 5.74) is 2.93. The highest BCUT2D eigenvalue weighted by molar-refractivity contribution is 5.48. The van der Waals surface area contributed by atoms with Crippen LogP contribution in [0, 0.1) is 0 Å². The molecule has 1 N–H and O–H groups in total. The molecule has 0 unspecified atom stereocenters. The van der Waals surface area contributed by atoms with E-state index in [1.54, 1.807) is 5.57 Å². The Labute approximate surface area is 111 Å². The molecule has 0 bridgehead atoms. The maximum atomic E-state index is 3.48. The van der Waals surface area contributed by atoms with Crippen molar-refractivity contribution in [3.8, 4) is 0 Å². The molecule has 0 aromatic heterocycles. The topological polar surface area (TPSA) is 12.0 Å². The molecule has 0 saturated heterocycles. The first-order valence-electron chi connectivity index (χ1n) is 7.05. The van der Waals surface area contributed by atoms with Crippen LogP contribution in [0.3, 0.4) is 0 Å². The van der Waals surface area contributed by atoms with Crippen LogP contribution in [0.4, 0.5) is 0 Å². The van der Waals surface area contributed by atoms with Crippen LogP contribution in [0.25, 0.3) is 6.08 Å². The maximum absolute atomic E-state index is 3.48. The second-order valence-corrected chi connectivity index (χ2v) is 4.88. The average molecular weight is 241 g/mol. The van der Waals surface area contributed by atoms with Gasteiger partial charge in [-0.2, -0.15) is 0 Å². The summed E-state index contributed by atoms with van der Waals surface area (Å²) in [6.07, 6.45) is 13.4. The van der Waals surface area contributed by atoms with E-state index in [9.17, 15) is 0 Å². The largest absolute Gasteiger partial charge is 0.313 e. The lowest BCUT2D eigenvalue weighted by Crippen LogP contribution is -2.15. The molecule has 0 atom stereocenters. The van der Waals surface area contributed by atoms with Crippen LogP contribution in [0.15, 0.2) is 48.1 Å². The smallest absolute Gasteiger partial charge is 0.0138 e. The van der Waals surface area contributed by atoms with E-state index in [-0.39, 0.29) is 0 Å². The fourth-order valence-electron chi connectivity index (χ4n) is 2.33. The lowest BCUT2D eigenvalue weighted by Gasteiger charge is -2.12. The Morgan fingerprint density at radius 3 is 2.78 bits per heavy atom. The Hall–Kier alpha value is -1.34. The fraction of sp³-hybridized carbons (Fsp3) is 0.412. The number of rotatable bonds is 6. The molecular formula is C17H23N. The van der Waals surface area contributed by atoms with Gasteiger partial charge in [0.25, 0.3) is 0 Å². The van der Waals surface area contributed by atoms with Gasteiger partial charge in [-0.3, -0.25) is 0 Å². The van der Waals surface area contributed by atoms with Crippen LogP contribution in [0.5, 0.6) is 0 Å². The third-order valence-corrected chi connectivity index (χ3v) is 3.38. The molecule has 0 spiro atoms. The minimum Gasteiger partial charge on any atom is -0.313 e. The van der Waals surface area contributed by atoms with Crippen molar-refractivity contribution < 1.29 is 0 Å². The maximum Gasteiger partial charge on any atom is 0.0138 e. The van der Waals surface area contributed by atoms with Gasteiger partial charge in [0.1, 0.15) is 0 Å². The Morgan fingerprint density at radius 1 is 1.11 bits per heavy atom. The van der Waals surface area contributed by atoms with Crippen LogP contribution in [-0.4, -0.2) is 13.1 Å². The van der Waals surface area contributed by atoms with Crippen molar-refractivity contribution in [2.45, 2.75) is 32.1 Å². The molecule has 0 saturated carbocycles. The predicted molar refractivity (Wildman–Crippen MR) is 79.5 cm³/mol. The average Bonchev–Trinajstić information content (AvgIpc) is 2.45. The summed E-state index contributed by atoms with van der Waals surface area (Å²) in [7, 11) is 0. The Morgan fingerprint density at radius 2 is 2.00 bits per heavy atom. The lowest BCUT2D eigenvalue weighted by atomic mass is 9.97. The molecule has 1 aliphatic carbocycles. The first-order valence-corrected chi connectivity index (χ1v) is 7.05. The standard InChI is InChI=1S/C17H23N/c1-3-8-16(9-4-1)12-7-14-18-15-13-17-10-5-2-6-11-17/h1,3-4,7-10,12,18H,2,5-6,11,13-15H2. The highest BCUT2D eigenvalue weighted by atomic mass is 14.8. The van der Waals surface area contributed by atoms with Gasteiger partial charge < -0.3 is 5.32 Å². The van der Waals surface area contributed by atoms with Gasteiger partial charge in [0.05, 0.1) is 0 Å². The van der Waals surface area contributed by atoms with Gasteiger partial charge in [0, 0.05) is 6.54 Å². The van der Waals surface area contributed by atoms with Crippen molar-refractivity contribution in [3.63, 3.8) is 0 Å². The number of hydrogen-bond acceptors (Lipinski definition) is 1. The molecule has 96 valence electrons. The molecule has 0 amide bonds. The number of nitrogens with one attached hydrogen (secondary N) is 1. The molecule has 1 aromatic carbocycles. The van der Waals surface area contributed by atoms with E-state index >= 15 is 0 Å². The third kappa shape index (κ3) is 4.89. The van der Waals surface area contributed by atoms with E-state index in [1.807, 2.05) is 6.07 Å². The fourth-order valence-corrected chi connectivity index (χ4v) is 2.33. The van der Waals surface area contributed by atoms with E-state index in [4.69, 9.17) is 0 Å².